The lowest BCUT2D eigenvalue weighted by Crippen LogP contribution is -1.81. The Labute approximate surface area is 104 Å². The molecule has 0 aliphatic rings. The molecule has 0 heterocycles. The summed E-state index contributed by atoms with van der Waals surface area (Å²) < 4.78 is 2.04. The molecule has 0 fully saturated rings. The Kier molecular flexibility index (Phi) is 3.56. The lowest BCUT2D eigenvalue weighted by Gasteiger charge is -2.05. The molecule has 0 aliphatic heterocycles. The predicted molar refractivity (Wildman–Crippen MR) is 74.9 cm³/mol. The Balaban J connectivity index is 2.53. The fourth-order valence-electron chi connectivity index (χ4n) is 1.59. The van der Waals surface area contributed by atoms with E-state index in [2.05, 4.69) is 77.2 Å². The zero-order valence-electron chi connectivity index (χ0n) is 8.23. The van der Waals surface area contributed by atoms with Crippen LogP contribution in [0.2, 0.25) is 0 Å². The van der Waals surface area contributed by atoms with Gasteiger partial charge in [0.05, 0.1) is 0 Å². The zero-order chi connectivity index (χ0) is 10.5. The van der Waals surface area contributed by atoms with Crippen LogP contribution in [-0.4, -0.2) is 0 Å². The van der Waals surface area contributed by atoms with Crippen molar-refractivity contribution in [2.24, 2.45) is 0 Å². The second-order valence-corrected chi connectivity index (χ2v) is 3.97. The lowest BCUT2D eigenvalue weighted by atomic mass is 10.00. The van der Waals surface area contributed by atoms with Crippen molar-refractivity contribution < 1.29 is 0 Å². The van der Waals surface area contributed by atoms with Gasteiger partial charge in [0.1, 0.15) is 0 Å². The van der Waals surface area contributed by atoms with E-state index in [1.54, 1.807) is 0 Å². The van der Waals surface area contributed by atoms with E-state index in [1.807, 2.05) is 10.1 Å². The summed E-state index contributed by atoms with van der Waals surface area (Å²) >= 11 is 2.25. The molecule has 0 aliphatic carbocycles. The normalized spacial score (nSPS) is 10.7. The summed E-state index contributed by atoms with van der Waals surface area (Å²) in [5.74, 6) is 0. The number of halogens is 1. The first-order chi connectivity index (χ1) is 7.42. The zero-order valence-corrected chi connectivity index (χ0v) is 10.4. The SMILES string of the molecule is I/C=C/c1ccccc1-c1ccccc1. The van der Waals surface area contributed by atoms with Crippen LogP contribution in [0, 0.1) is 0 Å². The van der Waals surface area contributed by atoms with Crippen molar-refractivity contribution in [3.05, 3.63) is 64.2 Å². The minimum Gasteiger partial charge on any atom is -0.0622 e. The molecule has 0 saturated heterocycles. The van der Waals surface area contributed by atoms with Crippen LogP contribution in [0.3, 0.4) is 0 Å². The number of hydrogen-bond donors (Lipinski definition) is 0. The van der Waals surface area contributed by atoms with Gasteiger partial charge in [-0.1, -0.05) is 77.2 Å². The molecular weight excluding hydrogens is 295 g/mol. The molecule has 0 spiro atoms. The summed E-state index contributed by atoms with van der Waals surface area (Å²) in [6.07, 6.45) is 2.13. The predicted octanol–water partition coefficient (Wildman–Crippen LogP) is 4.76. The molecule has 0 saturated carbocycles. The van der Waals surface area contributed by atoms with E-state index < -0.39 is 0 Å². The highest BCUT2D eigenvalue weighted by atomic mass is 127. The summed E-state index contributed by atoms with van der Waals surface area (Å²) in [5.41, 5.74) is 3.81. The van der Waals surface area contributed by atoms with Crippen molar-refractivity contribution in [2.45, 2.75) is 0 Å². The maximum Gasteiger partial charge on any atom is -0.0111 e. The Morgan fingerprint density at radius 1 is 0.800 bits per heavy atom. The molecule has 0 unspecified atom stereocenters. The van der Waals surface area contributed by atoms with E-state index in [4.69, 9.17) is 0 Å². The van der Waals surface area contributed by atoms with Gasteiger partial charge in [-0.15, -0.1) is 0 Å². The van der Waals surface area contributed by atoms with E-state index >= 15 is 0 Å². The highest BCUT2D eigenvalue weighted by Gasteiger charge is 1.99. The van der Waals surface area contributed by atoms with E-state index in [9.17, 15) is 0 Å². The number of rotatable bonds is 2. The fraction of sp³-hybridized carbons (Fsp3) is 0. The summed E-state index contributed by atoms with van der Waals surface area (Å²) in [6, 6.07) is 18.9. The van der Waals surface area contributed by atoms with Crippen LogP contribution >= 0.6 is 22.6 Å². The molecule has 0 nitrogen and oxygen atoms in total. The summed E-state index contributed by atoms with van der Waals surface area (Å²) in [4.78, 5) is 0. The highest BCUT2D eigenvalue weighted by Crippen LogP contribution is 2.24. The van der Waals surface area contributed by atoms with Gasteiger partial charge in [-0.2, -0.15) is 0 Å². The second-order valence-electron chi connectivity index (χ2n) is 3.25. The molecule has 0 N–H and O–H groups in total. The molecule has 0 radical (unpaired) electrons. The Bertz CT molecular complexity index is 458. The minimum absolute atomic E-state index is 1.26. The average Bonchev–Trinajstić information content (AvgIpc) is 2.31. The number of benzene rings is 2. The van der Waals surface area contributed by atoms with Gasteiger partial charge in [-0.25, -0.2) is 0 Å². The third kappa shape index (κ3) is 2.48. The van der Waals surface area contributed by atoms with E-state index in [-0.39, 0.29) is 0 Å². The van der Waals surface area contributed by atoms with Gasteiger partial charge >= 0.3 is 0 Å². The van der Waals surface area contributed by atoms with Gasteiger partial charge in [0, 0.05) is 0 Å². The van der Waals surface area contributed by atoms with Crippen LogP contribution in [-0.2, 0) is 0 Å². The van der Waals surface area contributed by atoms with Crippen molar-refractivity contribution in [3.63, 3.8) is 0 Å². The van der Waals surface area contributed by atoms with Crippen molar-refractivity contribution in [2.75, 3.05) is 0 Å². The Morgan fingerprint density at radius 2 is 1.47 bits per heavy atom. The maximum atomic E-state index is 2.25. The second kappa shape index (κ2) is 5.12. The van der Waals surface area contributed by atoms with E-state index in [0.717, 1.165) is 0 Å². The molecule has 2 rings (SSSR count). The molecule has 0 bridgehead atoms. The van der Waals surface area contributed by atoms with Gasteiger partial charge in [0.2, 0.25) is 0 Å². The third-order valence-electron chi connectivity index (χ3n) is 2.29. The molecule has 15 heavy (non-hydrogen) atoms. The van der Waals surface area contributed by atoms with Gasteiger partial charge in [-0.05, 0) is 26.8 Å². The van der Waals surface area contributed by atoms with Crippen molar-refractivity contribution in [3.8, 4) is 11.1 Å². The lowest BCUT2D eigenvalue weighted by molar-refractivity contribution is 1.59. The first-order valence-corrected chi connectivity index (χ1v) is 6.07. The van der Waals surface area contributed by atoms with Crippen molar-refractivity contribution >= 4 is 28.7 Å². The van der Waals surface area contributed by atoms with Gasteiger partial charge in [0.25, 0.3) is 0 Å². The first-order valence-electron chi connectivity index (χ1n) is 4.83. The van der Waals surface area contributed by atoms with Crippen LogP contribution < -0.4 is 0 Å². The molecule has 0 amide bonds. The summed E-state index contributed by atoms with van der Waals surface area (Å²) in [6.45, 7) is 0. The summed E-state index contributed by atoms with van der Waals surface area (Å²) in [7, 11) is 0. The smallest absolute Gasteiger partial charge is 0.0111 e. The van der Waals surface area contributed by atoms with Gasteiger partial charge in [0.15, 0.2) is 0 Å². The van der Waals surface area contributed by atoms with Gasteiger partial charge < -0.3 is 0 Å². The average molecular weight is 306 g/mol. The van der Waals surface area contributed by atoms with E-state index in [1.165, 1.54) is 16.7 Å². The third-order valence-corrected chi connectivity index (χ3v) is 2.65. The first kappa shape index (κ1) is 10.4. The largest absolute Gasteiger partial charge is 0.0622 e. The molecule has 0 aromatic heterocycles. The molecule has 0 atom stereocenters. The van der Waals surface area contributed by atoms with Crippen molar-refractivity contribution in [1.82, 2.24) is 0 Å². The van der Waals surface area contributed by atoms with Crippen LogP contribution in [0.1, 0.15) is 5.56 Å². The highest BCUT2D eigenvalue weighted by molar-refractivity contribution is 14.1. The molecule has 1 heteroatoms. The molecule has 74 valence electrons. The van der Waals surface area contributed by atoms with Crippen LogP contribution in [0.5, 0.6) is 0 Å². The van der Waals surface area contributed by atoms with Gasteiger partial charge in [-0.3, -0.25) is 0 Å². The molecule has 2 aromatic carbocycles. The number of hydrogen-bond acceptors (Lipinski definition) is 0. The van der Waals surface area contributed by atoms with Crippen LogP contribution in [0.4, 0.5) is 0 Å². The monoisotopic (exact) mass is 306 g/mol. The standard InChI is InChI=1S/C14H11I/c15-11-10-13-8-4-5-9-14(13)12-6-2-1-3-7-12/h1-11H/b11-10+. The molecular formula is C14H11I. The Morgan fingerprint density at radius 3 is 2.20 bits per heavy atom. The minimum atomic E-state index is 1.26. The maximum absolute atomic E-state index is 2.25. The summed E-state index contributed by atoms with van der Waals surface area (Å²) in [5, 5.41) is 0. The quantitative estimate of drug-likeness (QED) is 0.702. The Hall–Kier alpha value is -1.09. The fourth-order valence-corrected chi connectivity index (χ4v) is 1.98. The molecule has 2 aromatic rings. The topological polar surface area (TPSA) is 0 Å². The van der Waals surface area contributed by atoms with E-state index in [0.29, 0.717) is 0 Å². The van der Waals surface area contributed by atoms with Crippen molar-refractivity contribution in [1.29, 1.82) is 0 Å². The van der Waals surface area contributed by atoms with Crippen LogP contribution in [0.25, 0.3) is 17.2 Å². The van der Waals surface area contributed by atoms with Crippen LogP contribution in [0.15, 0.2) is 58.7 Å².